The molecule has 10 heteroatoms. The molecule has 160 valence electrons. The van der Waals surface area contributed by atoms with E-state index in [0.717, 1.165) is 29.8 Å². The third kappa shape index (κ3) is 5.48. The average molecular weight is 469 g/mol. The van der Waals surface area contributed by atoms with Crippen molar-refractivity contribution in [2.24, 2.45) is 0 Å². The van der Waals surface area contributed by atoms with Crippen molar-refractivity contribution < 1.29 is 12.8 Å². The van der Waals surface area contributed by atoms with Crippen molar-refractivity contribution in [1.82, 2.24) is 9.88 Å². The van der Waals surface area contributed by atoms with Crippen molar-refractivity contribution >= 4 is 44.5 Å². The second-order valence-corrected chi connectivity index (χ2v) is 9.87. The Morgan fingerprint density at radius 3 is 2.70 bits per heavy atom. The third-order valence-electron chi connectivity index (χ3n) is 4.30. The van der Waals surface area contributed by atoms with E-state index in [2.05, 4.69) is 26.0 Å². The quantitative estimate of drug-likeness (QED) is 0.488. The van der Waals surface area contributed by atoms with Gasteiger partial charge in [0.15, 0.2) is 5.82 Å². The molecule has 1 heterocycles. The highest BCUT2D eigenvalue weighted by atomic mass is 35.5. The van der Waals surface area contributed by atoms with E-state index in [1.54, 1.807) is 0 Å². The summed E-state index contributed by atoms with van der Waals surface area (Å²) in [4.78, 5) is 5.39. The molecule has 1 atom stereocenters. The van der Waals surface area contributed by atoms with Gasteiger partial charge in [0, 0.05) is 18.0 Å². The molecule has 30 heavy (non-hydrogen) atoms. The molecule has 0 bridgehead atoms. The number of halogens is 2. The van der Waals surface area contributed by atoms with Crippen LogP contribution in [0, 0.1) is 5.82 Å². The van der Waals surface area contributed by atoms with Crippen molar-refractivity contribution in [1.29, 1.82) is 0 Å². The number of anilines is 2. The van der Waals surface area contributed by atoms with Gasteiger partial charge in [-0.15, -0.1) is 11.3 Å². The number of sulfonamides is 1. The van der Waals surface area contributed by atoms with E-state index >= 15 is 0 Å². The Bertz CT molecular complexity index is 1120. The Kier molecular flexibility index (Phi) is 6.97. The molecular formula is C20H22ClFN4O2S2. The Labute approximate surface area is 184 Å². The maximum Gasteiger partial charge on any atom is 0.266 e. The van der Waals surface area contributed by atoms with Crippen molar-refractivity contribution in [2.45, 2.75) is 24.4 Å². The molecule has 0 saturated heterocycles. The first-order valence-electron chi connectivity index (χ1n) is 9.06. The Balaban J connectivity index is 1.82. The lowest BCUT2D eigenvalue weighted by Crippen LogP contribution is -2.16. The van der Waals surface area contributed by atoms with Crippen LogP contribution >= 0.6 is 22.9 Å². The van der Waals surface area contributed by atoms with Gasteiger partial charge in [0.1, 0.15) is 10.7 Å². The lowest BCUT2D eigenvalue weighted by atomic mass is 10.0. The first kappa shape index (κ1) is 22.5. The number of nitrogens with one attached hydrogen (secondary N) is 2. The molecule has 0 amide bonds. The van der Waals surface area contributed by atoms with Crippen LogP contribution in [0.3, 0.4) is 0 Å². The number of benzene rings is 2. The summed E-state index contributed by atoms with van der Waals surface area (Å²) in [5.74, 6) is -0.776. The molecule has 2 aromatic carbocycles. The van der Waals surface area contributed by atoms with E-state index in [1.807, 2.05) is 39.2 Å². The van der Waals surface area contributed by atoms with E-state index in [4.69, 9.17) is 11.6 Å². The van der Waals surface area contributed by atoms with Gasteiger partial charge in [0.05, 0.1) is 16.2 Å². The number of hydrogen-bond donors (Lipinski definition) is 2. The SMILES string of the molecule is CC(Nc1cc(F)c(S(=O)(=O)Nc2cscn2)cc1Cl)c1cccc(CN(C)C)c1. The topological polar surface area (TPSA) is 74.3 Å². The normalized spacial score (nSPS) is 12.7. The van der Waals surface area contributed by atoms with Gasteiger partial charge in [0.25, 0.3) is 10.0 Å². The Hall–Kier alpha value is -2.20. The number of rotatable bonds is 8. The maximum absolute atomic E-state index is 14.7. The maximum atomic E-state index is 14.7. The van der Waals surface area contributed by atoms with E-state index < -0.39 is 20.7 Å². The van der Waals surface area contributed by atoms with Crippen LogP contribution in [0.15, 0.2) is 52.2 Å². The molecular weight excluding hydrogens is 447 g/mol. The fourth-order valence-corrected chi connectivity index (χ4v) is 4.87. The van der Waals surface area contributed by atoms with Crippen molar-refractivity contribution in [3.8, 4) is 0 Å². The molecule has 1 unspecified atom stereocenters. The molecule has 1 aromatic heterocycles. The number of aromatic nitrogens is 1. The monoisotopic (exact) mass is 468 g/mol. The molecule has 3 aromatic rings. The summed E-state index contributed by atoms with van der Waals surface area (Å²) >= 11 is 7.50. The van der Waals surface area contributed by atoms with Crippen LogP contribution in [0.5, 0.6) is 0 Å². The summed E-state index contributed by atoms with van der Waals surface area (Å²) in [7, 11) is -0.157. The van der Waals surface area contributed by atoms with Gasteiger partial charge in [-0.05, 0) is 44.3 Å². The summed E-state index contributed by atoms with van der Waals surface area (Å²) in [6, 6.07) is 10.1. The van der Waals surface area contributed by atoms with E-state index in [9.17, 15) is 12.8 Å². The molecule has 0 fully saturated rings. The van der Waals surface area contributed by atoms with Crippen LogP contribution in [0.25, 0.3) is 0 Å². The van der Waals surface area contributed by atoms with Crippen LogP contribution in [0.4, 0.5) is 15.9 Å². The summed E-state index contributed by atoms with van der Waals surface area (Å²) in [6.07, 6.45) is 0. The molecule has 0 aliphatic rings. The van der Waals surface area contributed by atoms with Gasteiger partial charge in [-0.1, -0.05) is 35.9 Å². The molecule has 6 nitrogen and oxygen atoms in total. The number of nitrogens with zero attached hydrogens (tertiary/aromatic N) is 2. The van der Waals surface area contributed by atoms with Crippen LogP contribution in [0.1, 0.15) is 24.1 Å². The fraction of sp³-hybridized carbons (Fsp3) is 0.250. The molecule has 0 aliphatic carbocycles. The van der Waals surface area contributed by atoms with Gasteiger partial charge < -0.3 is 10.2 Å². The summed E-state index contributed by atoms with van der Waals surface area (Å²) in [5, 5.41) is 4.78. The third-order valence-corrected chi connectivity index (χ3v) is 6.57. The lowest BCUT2D eigenvalue weighted by molar-refractivity contribution is 0.402. The van der Waals surface area contributed by atoms with Crippen LogP contribution in [-0.4, -0.2) is 32.4 Å². The summed E-state index contributed by atoms with van der Waals surface area (Å²) < 4.78 is 41.9. The minimum Gasteiger partial charge on any atom is -0.377 e. The number of hydrogen-bond acceptors (Lipinski definition) is 6. The zero-order valence-electron chi connectivity index (χ0n) is 16.7. The predicted octanol–water partition coefficient (Wildman–Crippen LogP) is 4.97. The molecule has 3 rings (SSSR count). The second-order valence-electron chi connectivity index (χ2n) is 7.09. The van der Waals surface area contributed by atoms with Crippen LogP contribution in [-0.2, 0) is 16.6 Å². The van der Waals surface area contributed by atoms with Gasteiger partial charge in [-0.25, -0.2) is 17.8 Å². The smallest absolute Gasteiger partial charge is 0.266 e. The fourth-order valence-electron chi connectivity index (χ4n) is 2.94. The minimum absolute atomic E-state index is 0.103. The Morgan fingerprint density at radius 1 is 1.27 bits per heavy atom. The highest BCUT2D eigenvalue weighted by Gasteiger charge is 2.23. The van der Waals surface area contributed by atoms with Crippen molar-refractivity contribution in [3.05, 3.63) is 69.3 Å². The highest BCUT2D eigenvalue weighted by molar-refractivity contribution is 7.92. The highest BCUT2D eigenvalue weighted by Crippen LogP contribution is 2.31. The van der Waals surface area contributed by atoms with Gasteiger partial charge >= 0.3 is 0 Å². The van der Waals surface area contributed by atoms with E-state index in [-0.39, 0.29) is 16.9 Å². The van der Waals surface area contributed by atoms with Gasteiger partial charge in [-0.2, -0.15) is 0 Å². The Morgan fingerprint density at radius 2 is 2.03 bits per heavy atom. The summed E-state index contributed by atoms with van der Waals surface area (Å²) in [6.45, 7) is 2.73. The van der Waals surface area contributed by atoms with Crippen molar-refractivity contribution in [2.75, 3.05) is 24.1 Å². The van der Waals surface area contributed by atoms with Crippen molar-refractivity contribution in [3.63, 3.8) is 0 Å². The van der Waals surface area contributed by atoms with E-state index in [0.29, 0.717) is 5.69 Å². The molecule has 2 N–H and O–H groups in total. The van der Waals surface area contributed by atoms with Crippen LogP contribution in [0.2, 0.25) is 5.02 Å². The molecule has 0 radical (unpaired) electrons. The number of thiazole rings is 1. The van der Waals surface area contributed by atoms with Crippen LogP contribution < -0.4 is 10.0 Å². The molecule has 0 spiro atoms. The summed E-state index contributed by atoms with van der Waals surface area (Å²) in [5.41, 5.74) is 3.95. The standard InChI is InChI=1S/C20H22ClFN4O2S2/c1-13(15-6-4-5-14(7-15)10-26(2)3)24-18-9-17(22)19(8-16(18)21)30(27,28)25-20-11-29-12-23-20/h4-9,11-13,24-25H,10H2,1-3H3. The first-order valence-corrected chi connectivity index (χ1v) is 11.9. The average Bonchev–Trinajstić information content (AvgIpc) is 3.16. The predicted molar refractivity (Wildman–Crippen MR) is 120 cm³/mol. The zero-order valence-corrected chi connectivity index (χ0v) is 19.1. The molecule has 0 aliphatic heterocycles. The lowest BCUT2D eigenvalue weighted by Gasteiger charge is -2.19. The van der Waals surface area contributed by atoms with Gasteiger partial charge in [0.2, 0.25) is 0 Å². The zero-order chi connectivity index (χ0) is 21.9. The minimum atomic E-state index is -4.15. The first-order chi connectivity index (χ1) is 14.2. The second kappa shape index (κ2) is 9.30. The molecule has 0 saturated carbocycles. The van der Waals surface area contributed by atoms with Gasteiger partial charge in [-0.3, -0.25) is 4.72 Å². The largest absolute Gasteiger partial charge is 0.377 e. The van der Waals surface area contributed by atoms with E-state index in [1.165, 1.54) is 22.2 Å².